The van der Waals surface area contributed by atoms with Gasteiger partial charge in [0.15, 0.2) is 0 Å². The smallest absolute Gasteiger partial charge is 0.330 e. The van der Waals surface area contributed by atoms with Gasteiger partial charge in [0.2, 0.25) is 5.78 Å². The van der Waals surface area contributed by atoms with Gasteiger partial charge in [-0.3, -0.25) is 14.2 Å². The van der Waals surface area contributed by atoms with Crippen LogP contribution in [0.4, 0.5) is 0 Å². The number of hydrogen-bond donors (Lipinski definition) is 0. The van der Waals surface area contributed by atoms with Crippen molar-refractivity contribution < 1.29 is 9.21 Å². The third-order valence-electron chi connectivity index (χ3n) is 2.79. The van der Waals surface area contributed by atoms with E-state index >= 15 is 0 Å². The van der Waals surface area contributed by atoms with Crippen molar-refractivity contribution in [2.24, 2.45) is 14.1 Å². The van der Waals surface area contributed by atoms with Crippen molar-refractivity contribution in [2.45, 2.75) is 6.92 Å². The van der Waals surface area contributed by atoms with Crippen LogP contribution in [0.3, 0.4) is 0 Å². The molecule has 0 aliphatic rings. The molecule has 0 unspecified atom stereocenters. The Labute approximate surface area is 102 Å². The second kappa shape index (κ2) is 4.14. The van der Waals surface area contributed by atoms with E-state index in [4.69, 9.17) is 4.42 Å². The number of carbonyl (C=O) groups is 1. The summed E-state index contributed by atoms with van der Waals surface area (Å²) in [7, 11) is 2.82. The zero-order valence-electron chi connectivity index (χ0n) is 10.3. The van der Waals surface area contributed by atoms with E-state index in [1.54, 1.807) is 6.92 Å². The minimum atomic E-state index is -0.608. The van der Waals surface area contributed by atoms with Crippen LogP contribution in [0.5, 0.6) is 0 Å². The Kier molecular flexibility index (Phi) is 2.78. The van der Waals surface area contributed by atoms with Crippen LogP contribution in [-0.2, 0) is 14.1 Å². The fraction of sp³-hybridized carbons (Fsp3) is 0.250. The zero-order valence-corrected chi connectivity index (χ0v) is 10.3. The van der Waals surface area contributed by atoms with Crippen molar-refractivity contribution in [3.05, 3.63) is 56.3 Å². The predicted octanol–water partition coefficient (Wildman–Crippen LogP) is 0.216. The molecule has 6 nitrogen and oxygen atoms in total. The highest BCUT2D eigenvalue weighted by Crippen LogP contribution is 2.12. The molecule has 2 aromatic rings. The number of furan rings is 1. The molecule has 0 atom stereocenters. The lowest BCUT2D eigenvalue weighted by Gasteiger charge is -2.05. The molecular formula is C12H12N2O4. The van der Waals surface area contributed by atoms with E-state index < -0.39 is 17.0 Å². The van der Waals surface area contributed by atoms with Crippen LogP contribution in [0.1, 0.15) is 21.7 Å². The molecular weight excluding hydrogens is 236 g/mol. The maximum absolute atomic E-state index is 12.2. The average Bonchev–Trinajstić information content (AvgIpc) is 2.76. The third kappa shape index (κ3) is 1.71. The van der Waals surface area contributed by atoms with E-state index in [1.807, 2.05) is 0 Å². The highest BCUT2D eigenvalue weighted by Gasteiger charge is 2.19. The van der Waals surface area contributed by atoms with Crippen LogP contribution in [0.2, 0.25) is 0 Å². The van der Waals surface area contributed by atoms with Gasteiger partial charge in [-0.2, -0.15) is 0 Å². The molecule has 0 spiro atoms. The topological polar surface area (TPSA) is 74.2 Å². The van der Waals surface area contributed by atoms with Gasteiger partial charge in [0.1, 0.15) is 11.3 Å². The van der Waals surface area contributed by atoms with Crippen LogP contribution in [-0.4, -0.2) is 14.9 Å². The van der Waals surface area contributed by atoms with Gasteiger partial charge in [0, 0.05) is 20.3 Å². The second-order valence-corrected chi connectivity index (χ2v) is 4.02. The number of rotatable bonds is 2. The van der Waals surface area contributed by atoms with Crippen LogP contribution < -0.4 is 11.2 Å². The summed E-state index contributed by atoms with van der Waals surface area (Å²) in [6, 6.07) is 1.50. The van der Waals surface area contributed by atoms with Crippen LogP contribution >= 0.6 is 0 Å². The van der Waals surface area contributed by atoms with Crippen molar-refractivity contribution in [1.29, 1.82) is 0 Å². The van der Waals surface area contributed by atoms with Gasteiger partial charge in [0.25, 0.3) is 5.56 Å². The van der Waals surface area contributed by atoms with Crippen molar-refractivity contribution in [2.75, 3.05) is 0 Å². The predicted molar refractivity (Wildman–Crippen MR) is 63.8 cm³/mol. The lowest BCUT2D eigenvalue weighted by molar-refractivity contribution is 0.103. The minimum absolute atomic E-state index is 0.0518. The molecule has 18 heavy (non-hydrogen) atoms. The average molecular weight is 248 g/mol. The monoisotopic (exact) mass is 248 g/mol. The molecule has 0 aliphatic heterocycles. The van der Waals surface area contributed by atoms with Gasteiger partial charge in [-0.05, 0) is 13.0 Å². The van der Waals surface area contributed by atoms with E-state index in [1.165, 1.54) is 37.2 Å². The molecule has 0 saturated heterocycles. The van der Waals surface area contributed by atoms with Crippen molar-refractivity contribution in [3.63, 3.8) is 0 Å². The summed E-state index contributed by atoms with van der Waals surface area (Å²) in [5.74, 6) is -0.00615. The molecule has 94 valence electrons. The fourth-order valence-corrected chi connectivity index (χ4v) is 1.73. The maximum atomic E-state index is 12.2. The van der Waals surface area contributed by atoms with E-state index in [0.717, 1.165) is 4.57 Å². The number of aromatic nitrogens is 2. The third-order valence-corrected chi connectivity index (χ3v) is 2.79. The van der Waals surface area contributed by atoms with E-state index in [0.29, 0.717) is 11.3 Å². The first-order valence-electron chi connectivity index (χ1n) is 5.29. The van der Waals surface area contributed by atoms with Gasteiger partial charge in [-0.15, -0.1) is 0 Å². The highest BCUT2D eigenvalue weighted by atomic mass is 16.3. The van der Waals surface area contributed by atoms with Crippen LogP contribution in [0, 0.1) is 6.92 Å². The maximum Gasteiger partial charge on any atom is 0.330 e. The lowest BCUT2D eigenvalue weighted by Crippen LogP contribution is -2.39. The van der Waals surface area contributed by atoms with Crippen molar-refractivity contribution >= 4 is 5.78 Å². The standard InChI is InChI=1S/C12H12N2O4/c1-7-8(4-5-18-7)10(15)9-6-13(2)12(17)14(3)11(9)16/h4-6H,1-3H3. The summed E-state index contributed by atoms with van der Waals surface area (Å²) in [4.78, 5) is 35.6. The molecule has 0 fully saturated rings. The van der Waals surface area contributed by atoms with Gasteiger partial charge >= 0.3 is 5.69 Å². The second-order valence-electron chi connectivity index (χ2n) is 4.02. The molecule has 0 aromatic carbocycles. The Morgan fingerprint density at radius 3 is 2.44 bits per heavy atom. The molecule has 0 aliphatic carbocycles. The first-order chi connectivity index (χ1) is 8.43. The summed E-state index contributed by atoms with van der Waals surface area (Å²) < 4.78 is 7.14. The first-order valence-corrected chi connectivity index (χ1v) is 5.29. The Balaban J connectivity index is 2.67. The normalized spacial score (nSPS) is 10.6. The molecule has 0 radical (unpaired) electrons. The molecule has 2 aromatic heterocycles. The van der Waals surface area contributed by atoms with Crippen molar-refractivity contribution in [3.8, 4) is 0 Å². The fourth-order valence-electron chi connectivity index (χ4n) is 1.73. The Bertz CT molecular complexity index is 733. The van der Waals surface area contributed by atoms with Crippen LogP contribution in [0.25, 0.3) is 0 Å². The highest BCUT2D eigenvalue weighted by molar-refractivity contribution is 6.09. The SMILES string of the molecule is Cc1occc1C(=O)c1cn(C)c(=O)n(C)c1=O. The Morgan fingerprint density at radius 1 is 1.22 bits per heavy atom. The van der Waals surface area contributed by atoms with Gasteiger partial charge < -0.3 is 8.98 Å². The molecule has 6 heteroatoms. The Morgan fingerprint density at radius 2 is 1.89 bits per heavy atom. The molecule has 2 heterocycles. The molecule has 2 rings (SSSR count). The molecule has 0 saturated carbocycles. The lowest BCUT2D eigenvalue weighted by atomic mass is 10.1. The minimum Gasteiger partial charge on any atom is -0.469 e. The number of ketones is 1. The summed E-state index contributed by atoms with van der Waals surface area (Å²) in [5, 5.41) is 0. The zero-order chi connectivity index (χ0) is 13.4. The summed E-state index contributed by atoms with van der Waals surface area (Å²) in [5.41, 5.74) is -0.806. The van der Waals surface area contributed by atoms with Gasteiger partial charge in [-0.1, -0.05) is 0 Å². The van der Waals surface area contributed by atoms with Gasteiger partial charge in [-0.25, -0.2) is 4.79 Å². The Hall–Kier alpha value is -2.37. The first kappa shape index (κ1) is 12.1. The molecule has 0 amide bonds. The van der Waals surface area contributed by atoms with E-state index in [2.05, 4.69) is 0 Å². The molecule has 0 N–H and O–H groups in total. The quantitative estimate of drug-likeness (QED) is 0.712. The molecule has 0 bridgehead atoms. The number of nitrogens with zero attached hydrogens (tertiary/aromatic N) is 2. The van der Waals surface area contributed by atoms with E-state index in [9.17, 15) is 14.4 Å². The number of hydrogen-bond acceptors (Lipinski definition) is 4. The summed E-state index contributed by atoms with van der Waals surface area (Å²) >= 11 is 0. The summed E-state index contributed by atoms with van der Waals surface area (Å²) in [6.45, 7) is 1.64. The largest absolute Gasteiger partial charge is 0.469 e. The number of aryl methyl sites for hydroxylation is 2. The van der Waals surface area contributed by atoms with Crippen molar-refractivity contribution in [1.82, 2.24) is 9.13 Å². The summed E-state index contributed by atoms with van der Waals surface area (Å²) in [6.07, 6.45) is 2.63. The van der Waals surface area contributed by atoms with Crippen LogP contribution in [0.15, 0.2) is 32.5 Å². The van der Waals surface area contributed by atoms with Gasteiger partial charge in [0.05, 0.1) is 11.8 Å². The van der Waals surface area contributed by atoms with E-state index in [-0.39, 0.29) is 5.56 Å². The number of carbonyl (C=O) groups excluding carboxylic acids is 1.